The number of carbonyl (C=O) groups is 2. The van der Waals surface area contributed by atoms with Crippen LogP contribution in [0.1, 0.15) is 15.9 Å². The summed E-state index contributed by atoms with van der Waals surface area (Å²) in [4.78, 5) is 22.5. The first-order valence-electron chi connectivity index (χ1n) is 4.56. The lowest BCUT2D eigenvalue weighted by molar-refractivity contribution is -0.138. The third-order valence-corrected chi connectivity index (χ3v) is 1.97. The van der Waals surface area contributed by atoms with Gasteiger partial charge in [-0.1, -0.05) is 24.3 Å². The second-order valence-electron chi connectivity index (χ2n) is 3.43. The third-order valence-electron chi connectivity index (χ3n) is 1.97. The molecule has 0 saturated carbocycles. The van der Waals surface area contributed by atoms with E-state index in [4.69, 9.17) is 5.11 Å². The zero-order valence-corrected chi connectivity index (χ0v) is 8.51. The highest BCUT2D eigenvalue weighted by atomic mass is 16.4. The summed E-state index contributed by atoms with van der Waals surface area (Å²) in [7, 11) is 1.74. The Hall–Kier alpha value is -1.68. The molecule has 0 spiro atoms. The van der Waals surface area contributed by atoms with E-state index in [0.29, 0.717) is 12.1 Å². The molecule has 0 bridgehead atoms. The van der Waals surface area contributed by atoms with Crippen LogP contribution in [0.25, 0.3) is 0 Å². The van der Waals surface area contributed by atoms with Gasteiger partial charge in [-0.3, -0.25) is 14.5 Å². The molecule has 0 atom stereocenters. The molecule has 0 unspecified atom stereocenters. The Bertz CT molecular complexity index is 345. The molecule has 0 aliphatic rings. The second kappa shape index (κ2) is 5.26. The van der Waals surface area contributed by atoms with Gasteiger partial charge in [-0.15, -0.1) is 0 Å². The molecule has 15 heavy (non-hydrogen) atoms. The van der Waals surface area contributed by atoms with Crippen molar-refractivity contribution in [3.8, 4) is 0 Å². The first-order valence-corrected chi connectivity index (χ1v) is 4.56. The molecule has 1 aromatic rings. The predicted molar refractivity (Wildman–Crippen MR) is 55.8 cm³/mol. The second-order valence-corrected chi connectivity index (χ2v) is 3.43. The van der Waals surface area contributed by atoms with Crippen molar-refractivity contribution in [2.45, 2.75) is 6.54 Å². The average molecular weight is 207 g/mol. The van der Waals surface area contributed by atoms with Gasteiger partial charge in [0.15, 0.2) is 0 Å². The summed E-state index contributed by atoms with van der Waals surface area (Å²) in [6.07, 6.45) is 0.782. The van der Waals surface area contributed by atoms with Gasteiger partial charge in [0.2, 0.25) is 0 Å². The van der Waals surface area contributed by atoms with Crippen molar-refractivity contribution in [3.63, 3.8) is 0 Å². The zero-order valence-electron chi connectivity index (χ0n) is 8.51. The zero-order chi connectivity index (χ0) is 11.3. The highest BCUT2D eigenvalue weighted by Crippen LogP contribution is 2.05. The molecule has 0 fully saturated rings. The molecule has 1 aromatic carbocycles. The standard InChI is InChI=1S/C11H13NO3/c1-12(7-11(14)15)6-9-2-4-10(8-13)5-3-9/h2-5,8H,6-7H2,1H3,(H,14,15). The molecule has 1 rings (SSSR count). The van der Waals surface area contributed by atoms with Gasteiger partial charge in [-0.05, 0) is 12.6 Å². The maximum Gasteiger partial charge on any atom is 0.317 e. The van der Waals surface area contributed by atoms with Crippen molar-refractivity contribution < 1.29 is 14.7 Å². The first kappa shape index (κ1) is 11.4. The number of benzene rings is 1. The van der Waals surface area contributed by atoms with E-state index in [2.05, 4.69) is 0 Å². The largest absolute Gasteiger partial charge is 0.480 e. The van der Waals surface area contributed by atoms with Gasteiger partial charge in [0, 0.05) is 12.1 Å². The minimum atomic E-state index is -0.845. The predicted octanol–water partition coefficient (Wildman–Crippen LogP) is 1.02. The molecule has 0 aliphatic heterocycles. The highest BCUT2D eigenvalue weighted by molar-refractivity contribution is 5.74. The van der Waals surface area contributed by atoms with E-state index in [-0.39, 0.29) is 6.54 Å². The first-order chi connectivity index (χ1) is 7.11. The highest BCUT2D eigenvalue weighted by Gasteiger charge is 2.04. The van der Waals surface area contributed by atoms with E-state index < -0.39 is 5.97 Å². The summed E-state index contributed by atoms with van der Waals surface area (Å²) in [5.41, 5.74) is 1.61. The number of aliphatic carboxylic acids is 1. The van der Waals surface area contributed by atoms with Crippen molar-refractivity contribution in [2.24, 2.45) is 0 Å². The van der Waals surface area contributed by atoms with Gasteiger partial charge in [-0.25, -0.2) is 0 Å². The molecular weight excluding hydrogens is 194 g/mol. The Balaban J connectivity index is 2.56. The molecule has 0 amide bonds. The fourth-order valence-electron chi connectivity index (χ4n) is 1.30. The molecule has 4 heteroatoms. The van der Waals surface area contributed by atoms with Crippen LogP contribution in [-0.4, -0.2) is 35.9 Å². The summed E-state index contributed by atoms with van der Waals surface area (Å²) in [5.74, 6) is -0.845. The number of carboxylic acid groups (broad SMARTS) is 1. The lowest BCUT2D eigenvalue weighted by atomic mass is 10.1. The van der Waals surface area contributed by atoms with Gasteiger partial charge in [0.25, 0.3) is 0 Å². The van der Waals surface area contributed by atoms with Crippen LogP contribution in [-0.2, 0) is 11.3 Å². The fraction of sp³-hybridized carbons (Fsp3) is 0.273. The minimum absolute atomic E-state index is 0.00936. The van der Waals surface area contributed by atoms with Crippen LogP contribution in [0.4, 0.5) is 0 Å². The van der Waals surface area contributed by atoms with Crippen molar-refractivity contribution in [3.05, 3.63) is 35.4 Å². The van der Waals surface area contributed by atoms with E-state index in [1.54, 1.807) is 24.1 Å². The number of carbonyl (C=O) groups excluding carboxylic acids is 1. The monoisotopic (exact) mass is 207 g/mol. The van der Waals surface area contributed by atoms with Crippen LogP contribution in [0.3, 0.4) is 0 Å². The van der Waals surface area contributed by atoms with Gasteiger partial charge in [0.05, 0.1) is 6.54 Å². The van der Waals surface area contributed by atoms with Gasteiger partial charge < -0.3 is 5.11 Å². The number of aldehydes is 1. The lowest BCUT2D eigenvalue weighted by Gasteiger charge is -2.13. The van der Waals surface area contributed by atoms with Crippen LogP contribution in [0.5, 0.6) is 0 Å². The third kappa shape index (κ3) is 3.91. The average Bonchev–Trinajstić information content (AvgIpc) is 2.17. The molecule has 1 N–H and O–H groups in total. The number of nitrogens with zero attached hydrogens (tertiary/aromatic N) is 1. The van der Waals surface area contributed by atoms with Crippen LogP contribution >= 0.6 is 0 Å². The molecule has 0 aliphatic carbocycles. The van der Waals surface area contributed by atoms with E-state index in [1.165, 1.54) is 0 Å². The number of rotatable bonds is 5. The Morgan fingerprint density at radius 2 is 2.00 bits per heavy atom. The van der Waals surface area contributed by atoms with E-state index in [1.807, 2.05) is 12.1 Å². The molecular formula is C11H13NO3. The minimum Gasteiger partial charge on any atom is -0.480 e. The number of carboxylic acids is 1. The smallest absolute Gasteiger partial charge is 0.317 e. The van der Waals surface area contributed by atoms with Crippen molar-refractivity contribution >= 4 is 12.3 Å². The fourth-order valence-corrected chi connectivity index (χ4v) is 1.30. The summed E-state index contributed by atoms with van der Waals surface area (Å²) >= 11 is 0. The van der Waals surface area contributed by atoms with E-state index >= 15 is 0 Å². The molecule has 4 nitrogen and oxygen atoms in total. The SMILES string of the molecule is CN(CC(=O)O)Cc1ccc(C=O)cc1. The molecule has 0 heterocycles. The van der Waals surface area contributed by atoms with E-state index in [0.717, 1.165) is 11.8 Å². The van der Waals surface area contributed by atoms with Crippen molar-refractivity contribution in [2.75, 3.05) is 13.6 Å². The maximum absolute atomic E-state index is 10.4. The topological polar surface area (TPSA) is 57.6 Å². The van der Waals surface area contributed by atoms with Crippen LogP contribution in [0, 0.1) is 0 Å². The molecule has 0 saturated heterocycles. The van der Waals surface area contributed by atoms with Gasteiger partial charge >= 0.3 is 5.97 Å². The summed E-state index contributed by atoms with van der Waals surface area (Å²) in [6, 6.07) is 7.08. The number of likely N-dealkylation sites (N-methyl/N-ethyl adjacent to an activating group) is 1. The Kier molecular flexibility index (Phi) is 4.00. The van der Waals surface area contributed by atoms with Crippen molar-refractivity contribution in [1.82, 2.24) is 4.90 Å². The lowest BCUT2D eigenvalue weighted by Crippen LogP contribution is -2.25. The van der Waals surface area contributed by atoms with Gasteiger partial charge in [0.1, 0.15) is 6.29 Å². The van der Waals surface area contributed by atoms with Crippen LogP contribution in [0.15, 0.2) is 24.3 Å². The quantitative estimate of drug-likeness (QED) is 0.732. The van der Waals surface area contributed by atoms with Gasteiger partial charge in [-0.2, -0.15) is 0 Å². The number of hydrogen-bond donors (Lipinski definition) is 1. The summed E-state index contributed by atoms with van der Waals surface area (Å²) < 4.78 is 0. The maximum atomic E-state index is 10.4. The normalized spacial score (nSPS) is 10.3. The Morgan fingerprint density at radius 1 is 1.40 bits per heavy atom. The Morgan fingerprint density at radius 3 is 2.47 bits per heavy atom. The molecule has 80 valence electrons. The molecule has 0 radical (unpaired) electrons. The molecule has 0 aromatic heterocycles. The summed E-state index contributed by atoms with van der Waals surface area (Å²) in [6.45, 7) is 0.570. The number of hydrogen-bond acceptors (Lipinski definition) is 3. The Labute approximate surface area is 88.1 Å². The van der Waals surface area contributed by atoms with E-state index in [9.17, 15) is 9.59 Å². The van der Waals surface area contributed by atoms with Crippen molar-refractivity contribution in [1.29, 1.82) is 0 Å². The van der Waals surface area contributed by atoms with Crippen LogP contribution in [0.2, 0.25) is 0 Å². The van der Waals surface area contributed by atoms with Crippen LogP contribution < -0.4 is 0 Å². The summed E-state index contributed by atoms with van der Waals surface area (Å²) in [5, 5.41) is 8.56.